The number of rotatable bonds is 13. The van der Waals surface area contributed by atoms with Crippen molar-refractivity contribution < 1.29 is 19.4 Å². The Balaban J connectivity index is 3.98. The molecule has 0 aliphatic heterocycles. The zero-order chi connectivity index (χ0) is 20.3. The van der Waals surface area contributed by atoms with Gasteiger partial charge in [-0.15, -0.1) is 0 Å². The molecule has 26 heavy (non-hydrogen) atoms. The van der Waals surface area contributed by atoms with E-state index in [2.05, 4.69) is 39.2 Å². The summed E-state index contributed by atoms with van der Waals surface area (Å²) in [6.07, 6.45) is 2.52. The molecule has 0 aromatic heterocycles. The molecule has 1 amide bonds. The lowest BCUT2D eigenvalue weighted by Crippen LogP contribution is -2.32. The molecule has 0 aromatic carbocycles. The lowest BCUT2D eigenvalue weighted by atomic mass is 9.80. The van der Waals surface area contributed by atoms with Crippen molar-refractivity contribution in [2.24, 2.45) is 11.3 Å². The van der Waals surface area contributed by atoms with Gasteiger partial charge in [0, 0.05) is 31.4 Å². The molecule has 2 N–H and O–H groups in total. The first-order valence-corrected chi connectivity index (χ1v) is 9.13. The van der Waals surface area contributed by atoms with E-state index in [1.165, 1.54) is 4.90 Å². The van der Waals surface area contributed by atoms with Gasteiger partial charge >= 0.3 is 12.1 Å². The van der Waals surface area contributed by atoms with Gasteiger partial charge in [0.25, 0.3) is 0 Å². The molecule has 0 spiro atoms. The standard InChI is InChI=1S/C20H36N2O4/c1-15(2)18(23)26-12-8-9-17(4)21-11-10-20(5,6)13-16(3)14-22(7)19(24)25/h16,21H,1,4,8-14H2,2-3,5-7H3,(H,24,25). The number of hydrogen-bond acceptors (Lipinski definition) is 4. The maximum atomic E-state index is 11.3. The van der Waals surface area contributed by atoms with E-state index in [0.29, 0.717) is 24.6 Å². The van der Waals surface area contributed by atoms with Crippen molar-refractivity contribution in [1.82, 2.24) is 10.2 Å². The topological polar surface area (TPSA) is 78.9 Å². The van der Waals surface area contributed by atoms with Crippen LogP contribution in [-0.2, 0) is 9.53 Å². The summed E-state index contributed by atoms with van der Waals surface area (Å²) in [5.41, 5.74) is 1.46. The first-order valence-electron chi connectivity index (χ1n) is 9.13. The molecule has 0 fully saturated rings. The average Bonchev–Trinajstić information content (AvgIpc) is 2.49. The monoisotopic (exact) mass is 368 g/mol. The van der Waals surface area contributed by atoms with Gasteiger partial charge in [0.15, 0.2) is 0 Å². The third kappa shape index (κ3) is 11.6. The molecule has 6 nitrogen and oxygen atoms in total. The Morgan fingerprint density at radius 1 is 1.31 bits per heavy atom. The number of allylic oxidation sites excluding steroid dienone is 1. The third-order valence-corrected chi connectivity index (χ3v) is 4.19. The Kier molecular flexibility index (Phi) is 10.7. The molecule has 0 radical (unpaired) electrons. The van der Waals surface area contributed by atoms with Crippen molar-refractivity contribution in [2.45, 2.75) is 53.4 Å². The Morgan fingerprint density at radius 3 is 2.46 bits per heavy atom. The molecule has 0 aliphatic carbocycles. The Labute approximate surface area is 158 Å². The second kappa shape index (κ2) is 11.6. The number of nitrogens with one attached hydrogen (secondary N) is 1. The highest BCUT2D eigenvalue weighted by Crippen LogP contribution is 2.29. The smallest absolute Gasteiger partial charge is 0.407 e. The molecule has 6 heteroatoms. The molecule has 0 bridgehead atoms. The van der Waals surface area contributed by atoms with Crippen molar-refractivity contribution in [1.29, 1.82) is 0 Å². The van der Waals surface area contributed by atoms with Crippen LogP contribution in [0.1, 0.15) is 53.4 Å². The lowest BCUT2D eigenvalue weighted by Gasteiger charge is -2.30. The van der Waals surface area contributed by atoms with Gasteiger partial charge in [-0.2, -0.15) is 0 Å². The molecule has 150 valence electrons. The summed E-state index contributed by atoms with van der Waals surface area (Å²) in [4.78, 5) is 23.5. The maximum absolute atomic E-state index is 11.3. The SMILES string of the molecule is C=C(CCCOC(=O)C(=C)C)NCCC(C)(C)CC(C)CN(C)C(=O)O. The van der Waals surface area contributed by atoms with Crippen LogP contribution in [0, 0.1) is 11.3 Å². The molecule has 1 unspecified atom stereocenters. The molecule has 0 heterocycles. The highest BCUT2D eigenvalue weighted by molar-refractivity contribution is 5.86. The van der Waals surface area contributed by atoms with Gasteiger partial charge < -0.3 is 20.1 Å². The van der Waals surface area contributed by atoms with E-state index in [1.54, 1.807) is 14.0 Å². The van der Waals surface area contributed by atoms with E-state index in [1.807, 2.05) is 0 Å². The van der Waals surface area contributed by atoms with E-state index in [-0.39, 0.29) is 11.4 Å². The summed E-state index contributed by atoms with van der Waals surface area (Å²) in [6.45, 7) is 17.4. The van der Waals surface area contributed by atoms with Gasteiger partial charge in [-0.25, -0.2) is 9.59 Å². The summed E-state index contributed by atoms with van der Waals surface area (Å²) in [5.74, 6) is -0.0507. The zero-order valence-corrected chi connectivity index (χ0v) is 17.1. The highest BCUT2D eigenvalue weighted by atomic mass is 16.5. The van der Waals surface area contributed by atoms with Crippen LogP contribution in [0.25, 0.3) is 0 Å². The summed E-state index contributed by atoms with van der Waals surface area (Å²) < 4.78 is 5.05. The highest BCUT2D eigenvalue weighted by Gasteiger charge is 2.22. The number of amides is 1. The van der Waals surface area contributed by atoms with Crippen molar-refractivity contribution in [3.05, 3.63) is 24.4 Å². The zero-order valence-electron chi connectivity index (χ0n) is 17.1. The minimum Gasteiger partial charge on any atom is -0.465 e. The molecular weight excluding hydrogens is 332 g/mol. The molecule has 0 rings (SSSR count). The van der Waals surface area contributed by atoms with Crippen LogP contribution in [0.4, 0.5) is 4.79 Å². The van der Waals surface area contributed by atoms with Crippen LogP contribution >= 0.6 is 0 Å². The second-order valence-corrected chi connectivity index (χ2v) is 7.94. The first-order chi connectivity index (χ1) is 11.9. The van der Waals surface area contributed by atoms with Gasteiger partial charge in [0.1, 0.15) is 0 Å². The van der Waals surface area contributed by atoms with Gasteiger partial charge in [-0.3, -0.25) is 0 Å². The Morgan fingerprint density at radius 2 is 1.92 bits per heavy atom. The van der Waals surface area contributed by atoms with Crippen LogP contribution in [0.3, 0.4) is 0 Å². The van der Waals surface area contributed by atoms with Crippen molar-refractivity contribution in [3.8, 4) is 0 Å². The third-order valence-electron chi connectivity index (χ3n) is 4.19. The Hall–Kier alpha value is -1.98. The predicted molar refractivity (Wildman–Crippen MR) is 105 cm³/mol. The van der Waals surface area contributed by atoms with Crippen LogP contribution in [0.5, 0.6) is 0 Å². The van der Waals surface area contributed by atoms with E-state index >= 15 is 0 Å². The normalized spacial score (nSPS) is 12.2. The van der Waals surface area contributed by atoms with E-state index in [4.69, 9.17) is 9.84 Å². The lowest BCUT2D eigenvalue weighted by molar-refractivity contribution is -0.139. The summed E-state index contributed by atoms with van der Waals surface area (Å²) in [5, 5.41) is 12.3. The molecule has 1 atom stereocenters. The largest absolute Gasteiger partial charge is 0.465 e. The fourth-order valence-electron chi connectivity index (χ4n) is 2.90. The minimum atomic E-state index is -0.887. The van der Waals surface area contributed by atoms with Crippen molar-refractivity contribution >= 4 is 12.1 Å². The fourth-order valence-corrected chi connectivity index (χ4v) is 2.90. The second-order valence-electron chi connectivity index (χ2n) is 7.94. The molecule has 0 aromatic rings. The predicted octanol–water partition coefficient (Wildman–Crippen LogP) is 4.04. The quantitative estimate of drug-likeness (QED) is 0.291. The number of nitrogens with zero attached hydrogens (tertiary/aromatic N) is 1. The van der Waals surface area contributed by atoms with E-state index in [9.17, 15) is 9.59 Å². The van der Waals surface area contributed by atoms with E-state index in [0.717, 1.165) is 37.9 Å². The van der Waals surface area contributed by atoms with Crippen LogP contribution in [0.15, 0.2) is 24.4 Å². The summed E-state index contributed by atoms with van der Waals surface area (Å²) in [6, 6.07) is 0. The van der Waals surface area contributed by atoms with Gasteiger partial charge in [0.05, 0.1) is 6.61 Å². The first kappa shape index (κ1) is 24.0. The number of carboxylic acid groups (broad SMARTS) is 1. The van der Waals surface area contributed by atoms with Crippen LogP contribution in [0.2, 0.25) is 0 Å². The van der Waals surface area contributed by atoms with Crippen LogP contribution in [-0.4, -0.2) is 48.8 Å². The van der Waals surface area contributed by atoms with Crippen molar-refractivity contribution in [2.75, 3.05) is 26.7 Å². The average molecular weight is 369 g/mol. The van der Waals surface area contributed by atoms with Crippen LogP contribution < -0.4 is 5.32 Å². The number of carbonyl (C=O) groups is 2. The summed E-state index contributed by atoms with van der Waals surface area (Å²) in [7, 11) is 1.60. The molecule has 0 saturated heterocycles. The van der Waals surface area contributed by atoms with E-state index < -0.39 is 6.09 Å². The van der Waals surface area contributed by atoms with Gasteiger partial charge in [-0.1, -0.05) is 33.9 Å². The van der Waals surface area contributed by atoms with Gasteiger partial charge in [-0.05, 0) is 43.9 Å². The number of hydrogen-bond donors (Lipinski definition) is 2. The Bertz CT molecular complexity index is 500. The fraction of sp³-hybridized carbons (Fsp3) is 0.700. The number of esters is 1. The maximum Gasteiger partial charge on any atom is 0.407 e. The number of carbonyl (C=O) groups excluding carboxylic acids is 1. The van der Waals surface area contributed by atoms with Crippen molar-refractivity contribution in [3.63, 3.8) is 0 Å². The minimum absolute atomic E-state index is 0.114. The molecule has 0 aliphatic rings. The molecular formula is C20H36N2O4. The van der Waals surface area contributed by atoms with Gasteiger partial charge in [0.2, 0.25) is 0 Å². The number of ether oxygens (including phenoxy) is 1. The molecule has 0 saturated carbocycles. The summed E-state index contributed by atoms with van der Waals surface area (Å²) >= 11 is 0.